The lowest BCUT2D eigenvalue weighted by Gasteiger charge is -2.39. The lowest BCUT2D eigenvalue weighted by atomic mass is 9.80. The van der Waals surface area contributed by atoms with Crippen LogP contribution in [-0.2, 0) is 4.79 Å². The van der Waals surface area contributed by atoms with Crippen molar-refractivity contribution in [3.8, 4) is 0 Å². The van der Waals surface area contributed by atoms with Gasteiger partial charge in [0.1, 0.15) is 16.4 Å². The fourth-order valence-electron chi connectivity index (χ4n) is 3.22. The van der Waals surface area contributed by atoms with Gasteiger partial charge in [0.2, 0.25) is 5.91 Å². The molecule has 1 aliphatic rings. The average molecular weight is 372 g/mol. The Labute approximate surface area is 152 Å². The van der Waals surface area contributed by atoms with Gasteiger partial charge < -0.3 is 10.2 Å². The van der Waals surface area contributed by atoms with Gasteiger partial charge >= 0.3 is 0 Å². The molecule has 1 N–H and O–H groups in total. The molecule has 0 bridgehead atoms. The summed E-state index contributed by atoms with van der Waals surface area (Å²) in [7, 11) is 0. The summed E-state index contributed by atoms with van der Waals surface area (Å²) in [5, 5.41) is 3.34. The molecule has 132 valence electrons. The molecule has 1 aliphatic carbocycles. The molecule has 1 heterocycles. The molecule has 0 saturated heterocycles. The summed E-state index contributed by atoms with van der Waals surface area (Å²) >= 11 is 11.9. The molecule has 0 radical (unpaired) electrons. The maximum atomic E-state index is 13.0. The van der Waals surface area contributed by atoms with E-state index in [1.165, 1.54) is 12.1 Å². The second-order valence-electron chi connectivity index (χ2n) is 6.04. The minimum atomic E-state index is -0.880. The van der Waals surface area contributed by atoms with E-state index in [0.29, 0.717) is 25.9 Å². The van der Waals surface area contributed by atoms with Crippen molar-refractivity contribution in [1.29, 1.82) is 0 Å². The van der Waals surface area contributed by atoms with Gasteiger partial charge in [-0.15, -0.1) is 0 Å². The lowest BCUT2D eigenvalue weighted by molar-refractivity contribution is -0.139. The molecule has 24 heavy (non-hydrogen) atoms. The van der Waals surface area contributed by atoms with Crippen LogP contribution in [0.15, 0.2) is 12.1 Å². The fourth-order valence-corrected chi connectivity index (χ4v) is 3.55. The van der Waals surface area contributed by atoms with Gasteiger partial charge in [0.25, 0.3) is 5.91 Å². The van der Waals surface area contributed by atoms with E-state index in [1.54, 1.807) is 4.90 Å². The topological polar surface area (TPSA) is 62.3 Å². The second-order valence-corrected chi connectivity index (χ2v) is 6.83. The number of nitrogens with one attached hydrogen (secondary N) is 1. The van der Waals surface area contributed by atoms with Crippen LogP contribution >= 0.6 is 23.2 Å². The van der Waals surface area contributed by atoms with Crippen molar-refractivity contribution >= 4 is 35.0 Å². The molecule has 7 heteroatoms. The first kappa shape index (κ1) is 19.0. The highest BCUT2D eigenvalue weighted by Gasteiger charge is 2.43. The van der Waals surface area contributed by atoms with E-state index in [9.17, 15) is 9.59 Å². The molecule has 0 atom stereocenters. The number of amides is 2. The van der Waals surface area contributed by atoms with Gasteiger partial charge in [-0.3, -0.25) is 9.59 Å². The van der Waals surface area contributed by atoms with Crippen LogP contribution in [0.1, 0.15) is 56.4 Å². The van der Waals surface area contributed by atoms with Crippen LogP contribution < -0.4 is 5.32 Å². The second kappa shape index (κ2) is 8.17. The fraction of sp³-hybridized carbons (Fsp3) is 0.588. The quantitative estimate of drug-likeness (QED) is 0.802. The summed E-state index contributed by atoms with van der Waals surface area (Å²) in [6.07, 6.45) is 4.14. The average Bonchev–Trinajstić information content (AvgIpc) is 2.58. The van der Waals surface area contributed by atoms with E-state index in [4.69, 9.17) is 23.2 Å². The van der Waals surface area contributed by atoms with E-state index in [2.05, 4.69) is 10.3 Å². The first-order valence-electron chi connectivity index (χ1n) is 8.37. The molecule has 0 aliphatic heterocycles. The number of halogens is 2. The van der Waals surface area contributed by atoms with Gasteiger partial charge in [0, 0.05) is 13.1 Å². The Hall–Kier alpha value is -1.33. The summed E-state index contributed by atoms with van der Waals surface area (Å²) in [5.74, 6) is -0.483. The van der Waals surface area contributed by atoms with Crippen molar-refractivity contribution in [1.82, 2.24) is 15.2 Å². The Bertz CT molecular complexity index is 612. The molecular formula is C17H23Cl2N3O2. The first-order valence-corrected chi connectivity index (χ1v) is 9.13. The smallest absolute Gasteiger partial charge is 0.272 e. The lowest BCUT2D eigenvalue weighted by Crippen LogP contribution is -2.60. The number of rotatable bonds is 5. The highest BCUT2D eigenvalue weighted by Crippen LogP contribution is 2.31. The SMILES string of the molecule is CCN(CC)C(=O)C1(NC(=O)c2nc(Cl)ccc2Cl)CCCCC1. The van der Waals surface area contributed by atoms with Crippen LogP contribution in [0.3, 0.4) is 0 Å². The Morgan fingerprint density at radius 2 is 1.79 bits per heavy atom. The minimum absolute atomic E-state index is 0.0290. The van der Waals surface area contributed by atoms with Crippen molar-refractivity contribution in [2.75, 3.05) is 13.1 Å². The van der Waals surface area contributed by atoms with Crippen LogP contribution in [-0.4, -0.2) is 40.3 Å². The van der Waals surface area contributed by atoms with Crippen molar-refractivity contribution < 1.29 is 9.59 Å². The molecule has 1 aromatic heterocycles. The van der Waals surface area contributed by atoms with Crippen molar-refractivity contribution in [3.05, 3.63) is 28.0 Å². The van der Waals surface area contributed by atoms with Crippen molar-refractivity contribution in [2.24, 2.45) is 0 Å². The summed E-state index contributed by atoms with van der Waals surface area (Å²) in [5.41, 5.74) is -0.823. The number of aromatic nitrogens is 1. The zero-order valence-electron chi connectivity index (χ0n) is 14.1. The third-order valence-corrected chi connectivity index (χ3v) is 5.06. The molecule has 5 nitrogen and oxygen atoms in total. The standard InChI is InChI=1S/C17H23Cl2N3O2/c1-3-22(4-2)16(24)17(10-6-5-7-11-17)21-15(23)14-12(18)8-9-13(19)20-14/h8-9H,3-7,10-11H2,1-2H3,(H,21,23). The monoisotopic (exact) mass is 371 g/mol. The van der Waals surface area contributed by atoms with Crippen molar-refractivity contribution in [3.63, 3.8) is 0 Å². The number of likely N-dealkylation sites (N-methyl/N-ethyl adjacent to an activating group) is 1. The van der Waals surface area contributed by atoms with E-state index < -0.39 is 11.4 Å². The van der Waals surface area contributed by atoms with Crippen LogP contribution in [0.4, 0.5) is 0 Å². The molecule has 0 aromatic carbocycles. The van der Waals surface area contributed by atoms with Crippen LogP contribution in [0.2, 0.25) is 10.2 Å². The molecule has 1 aromatic rings. The van der Waals surface area contributed by atoms with Gasteiger partial charge in [0.05, 0.1) is 5.02 Å². The van der Waals surface area contributed by atoms with E-state index >= 15 is 0 Å². The predicted octanol–water partition coefficient (Wildman–Crippen LogP) is 3.69. The van der Waals surface area contributed by atoms with Crippen LogP contribution in [0, 0.1) is 0 Å². The van der Waals surface area contributed by atoms with E-state index in [0.717, 1.165) is 19.3 Å². The molecule has 2 amide bonds. The number of pyridine rings is 1. The Balaban J connectivity index is 2.30. The van der Waals surface area contributed by atoms with Crippen LogP contribution in [0.5, 0.6) is 0 Å². The molecule has 0 unspecified atom stereocenters. The summed E-state index contributed by atoms with van der Waals surface area (Å²) in [6, 6.07) is 3.06. The molecular weight excluding hydrogens is 349 g/mol. The zero-order valence-corrected chi connectivity index (χ0v) is 15.6. The number of hydrogen-bond acceptors (Lipinski definition) is 3. The molecule has 1 fully saturated rings. The Kier molecular flexibility index (Phi) is 6.47. The van der Waals surface area contributed by atoms with Crippen molar-refractivity contribution in [2.45, 2.75) is 51.5 Å². The number of carbonyl (C=O) groups excluding carboxylic acids is 2. The highest BCUT2D eigenvalue weighted by molar-refractivity contribution is 6.34. The van der Waals surface area contributed by atoms with Gasteiger partial charge in [-0.25, -0.2) is 4.98 Å². The Morgan fingerprint density at radius 1 is 1.17 bits per heavy atom. The molecule has 0 spiro atoms. The van der Waals surface area contributed by atoms with Gasteiger partial charge in [-0.05, 0) is 38.8 Å². The number of carbonyl (C=O) groups is 2. The summed E-state index contributed by atoms with van der Waals surface area (Å²) in [6.45, 7) is 5.11. The largest absolute Gasteiger partial charge is 0.341 e. The maximum absolute atomic E-state index is 13.0. The third-order valence-electron chi connectivity index (χ3n) is 4.55. The van der Waals surface area contributed by atoms with Gasteiger partial charge in [-0.1, -0.05) is 42.5 Å². The maximum Gasteiger partial charge on any atom is 0.272 e. The predicted molar refractivity (Wildman–Crippen MR) is 95.5 cm³/mol. The summed E-state index contributed by atoms with van der Waals surface area (Å²) < 4.78 is 0. The minimum Gasteiger partial charge on any atom is -0.341 e. The zero-order chi connectivity index (χ0) is 17.7. The first-order chi connectivity index (χ1) is 11.4. The number of nitrogens with zero attached hydrogens (tertiary/aromatic N) is 2. The van der Waals surface area contributed by atoms with E-state index in [-0.39, 0.29) is 21.8 Å². The van der Waals surface area contributed by atoms with Gasteiger partial charge in [0.15, 0.2) is 0 Å². The molecule has 1 saturated carbocycles. The molecule has 2 rings (SSSR count). The van der Waals surface area contributed by atoms with Gasteiger partial charge in [-0.2, -0.15) is 0 Å². The van der Waals surface area contributed by atoms with E-state index in [1.807, 2.05) is 13.8 Å². The van der Waals surface area contributed by atoms with Crippen LogP contribution in [0.25, 0.3) is 0 Å². The highest BCUT2D eigenvalue weighted by atomic mass is 35.5. The Morgan fingerprint density at radius 3 is 2.38 bits per heavy atom. The normalized spacial score (nSPS) is 16.5. The number of hydrogen-bond donors (Lipinski definition) is 1. The third kappa shape index (κ3) is 4.01. The summed E-state index contributed by atoms with van der Waals surface area (Å²) in [4.78, 5) is 31.5.